The zero-order valence-corrected chi connectivity index (χ0v) is 17.7. The summed E-state index contributed by atoms with van der Waals surface area (Å²) in [6, 6.07) is 16.2. The second-order valence-electron chi connectivity index (χ2n) is 7.16. The number of anilines is 1. The molecule has 1 amide bonds. The van der Waals surface area contributed by atoms with Gasteiger partial charge in [0.25, 0.3) is 11.5 Å². The molecular formula is C23H18N4O3S. The number of carbonyl (C=O) groups excluding carboxylic acids is 1. The molecule has 0 unspecified atom stereocenters. The molecule has 0 atom stereocenters. The van der Waals surface area contributed by atoms with Gasteiger partial charge < -0.3 is 5.32 Å². The van der Waals surface area contributed by atoms with Crippen molar-refractivity contribution in [1.29, 1.82) is 5.26 Å². The molecule has 0 saturated heterocycles. The summed E-state index contributed by atoms with van der Waals surface area (Å²) >= 11 is 1.08. The fourth-order valence-corrected chi connectivity index (χ4v) is 4.51. The van der Waals surface area contributed by atoms with Crippen molar-refractivity contribution in [2.75, 3.05) is 5.32 Å². The highest BCUT2D eigenvalue weighted by atomic mass is 32.1. The first-order valence-electron chi connectivity index (χ1n) is 9.51. The molecule has 0 radical (unpaired) electrons. The Kier molecular flexibility index (Phi) is 5.28. The molecule has 2 aromatic heterocycles. The van der Waals surface area contributed by atoms with Crippen molar-refractivity contribution in [2.24, 2.45) is 0 Å². The van der Waals surface area contributed by atoms with E-state index in [4.69, 9.17) is 5.26 Å². The van der Waals surface area contributed by atoms with Gasteiger partial charge in [-0.25, -0.2) is 4.79 Å². The maximum absolute atomic E-state index is 13.1. The minimum Gasteiger partial charge on any atom is -0.321 e. The molecule has 0 aliphatic heterocycles. The fourth-order valence-electron chi connectivity index (χ4n) is 3.43. The third-order valence-corrected chi connectivity index (χ3v) is 6.27. The van der Waals surface area contributed by atoms with Crippen molar-refractivity contribution in [3.05, 3.63) is 96.5 Å². The lowest BCUT2D eigenvalue weighted by Crippen LogP contribution is -2.35. The first-order valence-corrected chi connectivity index (χ1v) is 10.3. The summed E-state index contributed by atoms with van der Waals surface area (Å²) < 4.78 is 1.08. The monoisotopic (exact) mass is 430 g/mol. The smallest absolute Gasteiger partial charge is 0.321 e. The van der Waals surface area contributed by atoms with E-state index in [9.17, 15) is 14.4 Å². The number of thiophene rings is 1. The van der Waals surface area contributed by atoms with Crippen LogP contribution in [-0.4, -0.2) is 15.5 Å². The molecule has 154 valence electrons. The maximum atomic E-state index is 13.1. The van der Waals surface area contributed by atoms with Crippen molar-refractivity contribution in [1.82, 2.24) is 9.55 Å². The van der Waals surface area contributed by atoms with E-state index < -0.39 is 11.2 Å². The quantitative estimate of drug-likeness (QED) is 0.516. The number of aryl methyl sites for hydroxylation is 2. The third-order valence-electron chi connectivity index (χ3n) is 5.07. The van der Waals surface area contributed by atoms with Crippen LogP contribution in [0.2, 0.25) is 0 Å². The molecule has 0 aliphatic rings. The van der Waals surface area contributed by atoms with Crippen molar-refractivity contribution in [3.8, 4) is 6.07 Å². The molecule has 0 bridgehead atoms. The van der Waals surface area contributed by atoms with Gasteiger partial charge in [0.1, 0.15) is 4.83 Å². The highest BCUT2D eigenvalue weighted by Gasteiger charge is 2.21. The molecule has 31 heavy (non-hydrogen) atoms. The number of rotatable bonds is 4. The predicted octanol–water partition coefficient (Wildman–Crippen LogP) is 3.54. The zero-order chi connectivity index (χ0) is 22.1. The number of carbonyl (C=O) groups is 1. The zero-order valence-electron chi connectivity index (χ0n) is 16.9. The molecule has 0 spiro atoms. The van der Waals surface area contributed by atoms with Crippen molar-refractivity contribution in [2.45, 2.75) is 20.4 Å². The Balaban J connectivity index is 1.76. The van der Waals surface area contributed by atoms with Crippen LogP contribution < -0.4 is 16.6 Å². The second kappa shape index (κ2) is 8.05. The van der Waals surface area contributed by atoms with Gasteiger partial charge in [0.05, 0.1) is 28.4 Å². The summed E-state index contributed by atoms with van der Waals surface area (Å²) in [6.07, 6.45) is 0. The van der Waals surface area contributed by atoms with Gasteiger partial charge in [0.2, 0.25) is 0 Å². The number of nitrogens with zero attached hydrogens (tertiary/aromatic N) is 2. The molecule has 2 N–H and O–H groups in total. The van der Waals surface area contributed by atoms with Crippen LogP contribution in [0.1, 0.15) is 31.9 Å². The molecule has 0 saturated carbocycles. The van der Waals surface area contributed by atoms with E-state index in [2.05, 4.69) is 10.3 Å². The summed E-state index contributed by atoms with van der Waals surface area (Å²) in [4.78, 5) is 42.0. The van der Waals surface area contributed by atoms with Gasteiger partial charge in [-0.2, -0.15) is 5.26 Å². The lowest BCUT2D eigenvalue weighted by atomic mass is 10.1. The predicted molar refractivity (Wildman–Crippen MR) is 121 cm³/mol. The van der Waals surface area contributed by atoms with Gasteiger partial charge in [-0.15, -0.1) is 11.3 Å². The molecule has 8 heteroatoms. The van der Waals surface area contributed by atoms with Crippen LogP contribution in [0, 0.1) is 25.2 Å². The number of amides is 1. The Morgan fingerprint density at radius 2 is 1.94 bits per heavy atom. The van der Waals surface area contributed by atoms with E-state index in [0.29, 0.717) is 37.5 Å². The fraction of sp³-hybridized carbons (Fsp3) is 0.130. The van der Waals surface area contributed by atoms with Gasteiger partial charge in [-0.3, -0.25) is 19.1 Å². The van der Waals surface area contributed by atoms with Crippen LogP contribution in [0.4, 0.5) is 5.69 Å². The summed E-state index contributed by atoms with van der Waals surface area (Å²) in [6.45, 7) is 3.62. The van der Waals surface area contributed by atoms with Gasteiger partial charge in [0.15, 0.2) is 0 Å². The Bertz CT molecular complexity index is 1490. The van der Waals surface area contributed by atoms with Crippen LogP contribution in [-0.2, 0) is 6.54 Å². The SMILES string of the molecule is Cc1ccccc1NC(=O)c1sc2[nH]c(=O)n(Cc3cccc(C#N)c3)c(=O)c2c1C. The van der Waals surface area contributed by atoms with Crippen LogP contribution in [0.25, 0.3) is 10.2 Å². The number of nitrogens with one attached hydrogen (secondary N) is 2. The summed E-state index contributed by atoms with van der Waals surface area (Å²) in [5, 5.41) is 12.3. The molecule has 2 heterocycles. The number of nitriles is 1. The van der Waals surface area contributed by atoms with Crippen molar-refractivity contribution < 1.29 is 4.79 Å². The largest absolute Gasteiger partial charge is 0.329 e. The topological polar surface area (TPSA) is 108 Å². The third kappa shape index (κ3) is 3.79. The molecule has 7 nitrogen and oxygen atoms in total. The van der Waals surface area contributed by atoms with E-state index in [1.54, 1.807) is 37.3 Å². The van der Waals surface area contributed by atoms with E-state index in [1.165, 1.54) is 0 Å². The van der Waals surface area contributed by atoms with Gasteiger partial charge in [0, 0.05) is 5.69 Å². The number of fused-ring (bicyclic) bond motifs is 1. The molecular weight excluding hydrogens is 412 g/mol. The van der Waals surface area contributed by atoms with E-state index in [1.807, 2.05) is 31.2 Å². The number of aromatic nitrogens is 2. The first kappa shape index (κ1) is 20.3. The standard InChI is InChI=1S/C23H18N4O3S/c1-13-6-3-4-9-17(13)25-20(28)19-14(2)18-21(31-19)26-23(30)27(22(18)29)12-16-8-5-7-15(10-16)11-24/h3-10H,12H2,1-2H3,(H,25,28)(H,26,30). The minimum atomic E-state index is -0.563. The lowest BCUT2D eigenvalue weighted by Gasteiger charge is -2.07. The van der Waals surface area contributed by atoms with Gasteiger partial charge in [-0.1, -0.05) is 30.3 Å². The summed E-state index contributed by atoms with van der Waals surface area (Å²) in [5.74, 6) is -0.332. The Morgan fingerprint density at radius 3 is 2.68 bits per heavy atom. The normalized spacial score (nSPS) is 10.7. The van der Waals surface area contributed by atoms with E-state index >= 15 is 0 Å². The second-order valence-corrected chi connectivity index (χ2v) is 8.18. The number of aromatic amines is 1. The average Bonchev–Trinajstić information content (AvgIpc) is 3.09. The molecule has 0 fully saturated rings. The van der Waals surface area contributed by atoms with Crippen molar-refractivity contribution in [3.63, 3.8) is 0 Å². The maximum Gasteiger partial charge on any atom is 0.329 e. The number of hydrogen-bond acceptors (Lipinski definition) is 5. The minimum absolute atomic E-state index is 0.0274. The van der Waals surface area contributed by atoms with Crippen LogP contribution in [0.15, 0.2) is 58.1 Å². The lowest BCUT2D eigenvalue weighted by molar-refractivity contribution is 0.103. The van der Waals surface area contributed by atoms with Crippen molar-refractivity contribution >= 4 is 33.1 Å². The summed E-state index contributed by atoms with van der Waals surface area (Å²) in [7, 11) is 0. The van der Waals surface area contributed by atoms with Crippen LogP contribution in [0.3, 0.4) is 0 Å². The highest BCUT2D eigenvalue weighted by molar-refractivity contribution is 7.20. The Labute approximate surface area is 181 Å². The highest BCUT2D eigenvalue weighted by Crippen LogP contribution is 2.27. The average molecular weight is 430 g/mol. The number of benzene rings is 2. The van der Waals surface area contributed by atoms with E-state index in [0.717, 1.165) is 21.5 Å². The Hall–Kier alpha value is -3.96. The molecule has 2 aromatic carbocycles. The summed E-state index contributed by atoms with van der Waals surface area (Å²) in [5.41, 5.74) is 2.21. The molecule has 4 rings (SSSR count). The molecule has 4 aromatic rings. The van der Waals surface area contributed by atoms with E-state index in [-0.39, 0.29) is 12.5 Å². The molecule has 0 aliphatic carbocycles. The number of para-hydroxylation sites is 1. The van der Waals surface area contributed by atoms with Gasteiger partial charge >= 0.3 is 5.69 Å². The Morgan fingerprint density at radius 1 is 1.16 bits per heavy atom. The van der Waals surface area contributed by atoms with Gasteiger partial charge in [-0.05, 0) is 48.7 Å². The van der Waals surface area contributed by atoms with Crippen LogP contribution >= 0.6 is 11.3 Å². The first-order chi connectivity index (χ1) is 14.9. The number of H-pyrrole nitrogens is 1. The number of hydrogen-bond donors (Lipinski definition) is 2. The van der Waals surface area contributed by atoms with Crippen LogP contribution in [0.5, 0.6) is 0 Å².